The van der Waals surface area contributed by atoms with Gasteiger partial charge in [-0.25, -0.2) is 0 Å². The molecule has 2 rings (SSSR count). The molecule has 0 unspecified atom stereocenters. The van der Waals surface area contributed by atoms with Crippen molar-refractivity contribution in [2.75, 3.05) is 5.88 Å². The third-order valence-corrected chi connectivity index (χ3v) is 3.60. The molecule has 3 nitrogen and oxygen atoms in total. The molecule has 0 aromatic heterocycles. The summed E-state index contributed by atoms with van der Waals surface area (Å²) in [6.07, 6.45) is 0. The molecule has 2 aromatic rings. The van der Waals surface area contributed by atoms with E-state index in [-0.39, 0.29) is 17.2 Å². The minimum absolute atomic E-state index is 0.000900. The summed E-state index contributed by atoms with van der Waals surface area (Å²) < 4.78 is 0. The lowest BCUT2D eigenvalue weighted by Gasteiger charge is -2.23. The van der Waals surface area contributed by atoms with E-state index in [0.29, 0.717) is 11.3 Å². The van der Waals surface area contributed by atoms with Crippen molar-refractivity contribution in [3.63, 3.8) is 0 Å². The molecule has 0 aliphatic carbocycles. The SMILES string of the molecule is CC(C)(CCl)NC(=O)c1ccc2ccccc2c1O. The van der Waals surface area contributed by atoms with Gasteiger partial charge in [0, 0.05) is 16.8 Å². The Morgan fingerprint density at radius 1 is 1.26 bits per heavy atom. The first kappa shape index (κ1) is 13.7. The van der Waals surface area contributed by atoms with E-state index < -0.39 is 5.54 Å². The molecule has 4 heteroatoms. The number of alkyl halides is 1. The van der Waals surface area contributed by atoms with Crippen molar-refractivity contribution in [1.29, 1.82) is 0 Å². The summed E-state index contributed by atoms with van der Waals surface area (Å²) >= 11 is 5.78. The number of carbonyl (C=O) groups excluding carboxylic acids is 1. The van der Waals surface area contributed by atoms with Crippen LogP contribution >= 0.6 is 11.6 Å². The molecule has 0 atom stereocenters. The van der Waals surface area contributed by atoms with E-state index in [1.54, 1.807) is 12.1 Å². The van der Waals surface area contributed by atoms with Gasteiger partial charge in [0.1, 0.15) is 5.75 Å². The molecule has 2 N–H and O–H groups in total. The average molecular weight is 278 g/mol. The van der Waals surface area contributed by atoms with Gasteiger partial charge in [-0.2, -0.15) is 0 Å². The number of carbonyl (C=O) groups is 1. The lowest BCUT2D eigenvalue weighted by molar-refractivity contribution is 0.0918. The van der Waals surface area contributed by atoms with E-state index >= 15 is 0 Å². The molecule has 19 heavy (non-hydrogen) atoms. The third kappa shape index (κ3) is 2.82. The van der Waals surface area contributed by atoms with Gasteiger partial charge in [-0.1, -0.05) is 30.3 Å². The number of hydrogen-bond acceptors (Lipinski definition) is 2. The highest BCUT2D eigenvalue weighted by Crippen LogP contribution is 2.28. The predicted molar refractivity (Wildman–Crippen MR) is 77.9 cm³/mol. The standard InChI is InChI=1S/C15H16ClNO2/c1-15(2,9-16)17-14(19)12-8-7-10-5-3-4-6-11(10)13(12)18/h3-8,18H,9H2,1-2H3,(H,17,19). The van der Waals surface area contributed by atoms with Crippen LogP contribution in [0.15, 0.2) is 36.4 Å². The van der Waals surface area contributed by atoms with Gasteiger partial charge in [0.05, 0.1) is 5.56 Å². The van der Waals surface area contributed by atoms with Crippen LogP contribution in [0.3, 0.4) is 0 Å². The Morgan fingerprint density at radius 2 is 1.95 bits per heavy atom. The number of amides is 1. The van der Waals surface area contributed by atoms with Crippen LogP contribution in [0, 0.1) is 0 Å². The summed E-state index contributed by atoms with van der Waals surface area (Å²) in [6, 6.07) is 10.8. The van der Waals surface area contributed by atoms with Gasteiger partial charge < -0.3 is 10.4 Å². The van der Waals surface area contributed by atoms with E-state index in [1.807, 2.05) is 38.1 Å². The molecule has 0 heterocycles. The largest absolute Gasteiger partial charge is 0.506 e. The molecule has 0 bridgehead atoms. The van der Waals surface area contributed by atoms with Crippen molar-refractivity contribution in [2.45, 2.75) is 19.4 Å². The van der Waals surface area contributed by atoms with Crippen molar-refractivity contribution >= 4 is 28.3 Å². The maximum absolute atomic E-state index is 12.2. The van der Waals surface area contributed by atoms with E-state index in [9.17, 15) is 9.90 Å². The van der Waals surface area contributed by atoms with E-state index in [2.05, 4.69) is 5.32 Å². The molecule has 2 aromatic carbocycles. The molecule has 0 aliphatic rings. The summed E-state index contributed by atoms with van der Waals surface area (Å²) in [4.78, 5) is 12.2. The number of hydrogen-bond donors (Lipinski definition) is 2. The first-order valence-electron chi connectivity index (χ1n) is 6.04. The fourth-order valence-electron chi connectivity index (χ4n) is 1.85. The number of rotatable bonds is 3. The summed E-state index contributed by atoms with van der Waals surface area (Å²) in [5, 5.41) is 14.6. The highest BCUT2D eigenvalue weighted by atomic mass is 35.5. The third-order valence-electron chi connectivity index (χ3n) is 2.93. The second kappa shape index (κ2) is 5.10. The quantitative estimate of drug-likeness (QED) is 0.846. The molecule has 0 radical (unpaired) electrons. The molecule has 0 spiro atoms. The Kier molecular flexibility index (Phi) is 3.67. The monoisotopic (exact) mass is 277 g/mol. The lowest BCUT2D eigenvalue weighted by atomic mass is 10.0. The van der Waals surface area contributed by atoms with Gasteiger partial charge >= 0.3 is 0 Å². The van der Waals surface area contributed by atoms with Crippen molar-refractivity contribution < 1.29 is 9.90 Å². The number of phenols is 1. The predicted octanol–water partition coefficient (Wildman–Crippen LogP) is 3.29. The molecule has 100 valence electrons. The Morgan fingerprint density at radius 3 is 2.63 bits per heavy atom. The fraction of sp³-hybridized carbons (Fsp3) is 0.267. The molecule has 1 amide bonds. The van der Waals surface area contributed by atoms with Gasteiger partial charge in [-0.3, -0.25) is 4.79 Å². The Balaban J connectivity index is 2.41. The zero-order valence-electron chi connectivity index (χ0n) is 10.9. The van der Waals surface area contributed by atoms with E-state index in [4.69, 9.17) is 11.6 Å². The van der Waals surface area contributed by atoms with Crippen LogP contribution in [0.1, 0.15) is 24.2 Å². The zero-order valence-corrected chi connectivity index (χ0v) is 11.7. The van der Waals surface area contributed by atoms with E-state index in [0.717, 1.165) is 5.39 Å². The minimum Gasteiger partial charge on any atom is -0.506 e. The van der Waals surface area contributed by atoms with Crippen LogP contribution in [-0.2, 0) is 0 Å². The number of halogens is 1. The summed E-state index contributed by atoms with van der Waals surface area (Å²) in [5.74, 6) is -0.0255. The average Bonchev–Trinajstić information content (AvgIpc) is 2.39. The number of phenolic OH excluding ortho intramolecular Hbond substituents is 1. The molecular formula is C15H16ClNO2. The van der Waals surface area contributed by atoms with Crippen molar-refractivity contribution in [2.24, 2.45) is 0 Å². The zero-order chi connectivity index (χ0) is 14.0. The van der Waals surface area contributed by atoms with Crippen molar-refractivity contribution in [3.8, 4) is 5.75 Å². The molecule has 0 fully saturated rings. The lowest BCUT2D eigenvalue weighted by Crippen LogP contribution is -2.44. The molecule has 0 saturated carbocycles. The van der Waals surface area contributed by atoms with Crippen LogP contribution in [0.2, 0.25) is 0 Å². The first-order valence-corrected chi connectivity index (χ1v) is 6.57. The van der Waals surface area contributed by atoms with Crippen LogP contribution in [0.25, 0.3) is 10.8 Å². The van der Waals surface area contributed by atoms with Gasteiger partial charge in [0.2, 0.25) is 0 Å². The summed E-state index contributed by atoms with van der Waals surface area (Å²) in [7, 11) is 0. The Hall–Kier alpha value is -1.74. The van der Waals surface area contributed by atoms with Crippen LogP contribution in [-0.4, -0.2) is 22.4 Å². The van der Waals surface area contributed by atoms with Gasteiger partial charge in [-0.15, -0.1) is 11.6 Å². The number of benzene rings is 2. The topological polar surface area (TPSA) is 49.3 Å². The second-order valence-electron chi connectivity index (χ2n) is 5.15. The van der Waals surface area contributed by atoms with Crippen LogP contribution in [0.5, 0.6) is 5.75 Å². The highest BCUT2D eigenvalue weighted by Gasteiger charge is 2.22. The van der Waals surface area contributed by atoms with Gasteiger partial charge in [-0.05, 0) is 25.3 Å². The Labute approximate surface area is 117 Å². The minimum atomic E-state index is -0.517. The van der Waals surface area contributed by atoms with Crippen LogP contribution < -0.4 is 5.32 Å². The number of nitrogens with one attached hydrogen (secondary N) is 1. The molecular weight excluding hydrogens is 262 g/mol. The van der Waals surface area contributed by atoms with Crippen molar-refractivity contribution in [3.05, 3.63) is 42.0 Å². The normalized spacial score (nSPS) is 11.5. The summed E-state index contributed by atoms with van der Waals surface area (Å²) in [5.41, 5.74) is -0.256. The molecule has 0 aliphatic heterocycles. The first-order chi connectivity index (χ1) is 8.94. The smallest absolute Gasteiger partial charge is 0.255 e. The number of aromatic hydroxyl groups is 1. The second-order valence-corrected chi connectivity index (χ2v) is 5.42. The molecule has 0 saturated heterocycles. The Bertz CT molecular complexity index is 623. The summed E-state index contributed by atoms with van der Waals surface area (Å²) in [6.45, 7) is 3.66. The fourth-order valence-corrected chi connectivity index (χ4v) is 1.91. The maximum atomic E-state index is 12.2. The van der Waals surface area contributed by atoms with E-state index in [1.165, 1.54) is 0 Å². The van der Waals surface area contributed by atoms with Gasteiger partial charge in [0.25, 0.3) is 5.91 Å². The van der Waals surface area contributed by atoms with Crippen LogP contribution in [0.4, 0.5) is 0 Å². The van der Waals surface area contributed by atoms with Gasteiger partial charge in [0.15, 0.2) is 0 Å². The number of fused-ring (bicyclic) bond motifs is 1. The maximum Gasteiger partial charge on any atom is 0.255 e. The highest BCUT2D eigenvalue weighted by molar-refractivity contribution is 6.19. The van der Waals surface area contributed by atoms with Crippen molar-refractivity contribution in [1.82, 2.24) is 5.32 Å².